The lowest BCUT2D eigenvalue weighted by Crippen LogP contribution is -1.99. The van der Waals surface area contributed by atoms with Crippen molar-refractivity contribution < 1.29 is 14.6 Å². The van der Waals surface area contributed by atoms with Crippen LogP contribution < -0.4 is 9.47 Å². The highest BCUT2D eigenvalue weighted by Gasteiger charge is 2.16. The standard InChI is InChI=1S/C10H13ClO3/c1-6(12)7-4-5-8(11)10(14-3)9(7)13-2/h4-6,12H,1-3H3. The maximum Gasteiger partial charge on any atom is 0.179 e. The number of hydrogen-bond donors (Lipinski definition) is 1. The first kappa shape index (κ1) is 11.1. The largest absolute Gasteiger partial charge is 0.492 e. The summed E-state index contributed by atoms with van der Waals surface area (Å²) in [5.74, 6) is 0.933. The van der Waals surface area contributed by atoms with E-state index in [2.05, 4.69) is 0 Å². The van der Waals surface area contributed by atoms with Crippen molar-refractivity contribution in [1.82, 2.24) is 0 Å². The number of methoxy groups -OCH3 is 2. The predicted molar refractivity (Wildman–Crippen MR) is 55.2 cm³/mol. The normalized spacial score (nSPS) is 12.4. The van der Waals surface area contributed by atoms with E-state index in [1.54, 1.807) is 19.1 Å². The topological polar surface area (TPSA) is 38.7 Å². The van der Waals surface area contributed by atoms with Crippen LogP contribution >= 0.6 is 11.6 Å². The number of ether oxygens (including phenoxy) is 2. The fourth-order valence-electron chi connectivity index (χ4n) is 1.28. The molecule has 0 spiro atoms. The van der Waals surface area contributed by atoms with Gasteiger partial charge in [-0.15, -0.1) is 0 Å². The van der Waals surface area contributed by atoms with Crippen molar-refractivity contribution >= 4 is 11.6 Å². The lowest BCUT2D eigenvalue weighted by Gasteiger charge is -2.15. The van der Waals surface area contributed by atoms with Crippen LogP contribution in [0.15, 0.2) is 12.1 Å². The van der Waals surface area contributed by atoms with E-state index in [0.29, 0.717) is 22.1 Å². The summed E-state index contributed by atoms with van der Waals surface area (Å²) < 4.78 is 10.2. The smallest absolute Gasteiger partial charge is 0.179 e. The van der Waals surface area contributed by atoms with Crippen LogP contribution in [-0.2, 0) is 0 Å². The summed E-state index contributed by atoms with van der Waals surface area (Å²) in [7, 11) is 3.02. The fraction of sp³-hybridized carbons (Fsp3) is 0.400. The monoisotopic (exact) mass is 216 g/mol. The molecule has 1 aromatic carbocycles. The quantitative estimate of drug-likeness (QED) is 0.844. The van der Waals surface area contributed by atoms with Gasteiger partial charge in [0.25, 0.3) is 0 Å². The maximum absolute atomic E-state index is 9.47. The zero-order valence-corrected chi connectivity index (χ0v) is 9.13. The molecule has 0 radical (unpaired) electrons. The lowest BCUT2D eigenvalue weighted by molar-refractivity contribution is 0.193. The van der Waals surface area contributed by atoms with Gasteiger partial charge in [-0.1, -0.05) is 17.7 Å². The van der Waals surface area contributed by atoms with Gasteiger partial charge in [-0.3, -0.25) is 0 Å². The Hall–Kier alpha value is -0.930. The molecule has 1 rings (SSSR count). The molecule has 0 heterocycles. The Morgan fingerprint density at radius 3 is 2.21 bits per heavy atom. The first-order chi connectivity index (χ1) is 6.61. The van der Waals surface area contributed by atoms with Crippen LogP contribution in [0.1, 0.15) is 18.6 Å². The molecule has 0 aliphatic carbocycles. The van der Waals surface area contributed by atoms with E-state index >= 15 is 0 Å². The average molecular weight is 217 g/mol. The molecule has 1 unspecified atom stereocenters. The minimum atomic E-state index is -0.615. The van der Waals surface area contributed by atoms with Gasteiger partial charge in [0, 0.05) is 5.56 Å². The minimum absolute atomic E-state index is 0.451. The molecule has 0 bridgehead atoms. The molecule has 1 atom stereocenters. The SMILES string of the molecule is COc1c(Cl)ccc(C(C)O)c1OC. The summed E-state index contributed by atoms with van der Waals surface area (Å²) in [6.45, 7) is 1.66. The second kappa shape index (κ2) is 4.53. The molecule has 1 aromatic rings. The van der Waals surface area contributed by atoms with Crippen molar-refractivity contribution in [2.75, 3.05) is 14.2 Å². The average Bonchev–Trinajstić information content (AvgIpc) is 2.16. The predicted octanol–water partition coefficient (Wildman–Crippen LogP) is 2.41. The zero-order chi connectivity index (χ0) is 10.7. The summed E-state index contributed by atoms with van der Waals surface area (Å²) >= 11 is 5.90. The highest BCUT2D eigenvalue weighted by molar-refractivity contribution is 6.32. The number of aliphatic hydroxyl groups is 1. The number of aliphatic hydroxyl groups excluding tert-OH is 1. The van der Waals surface area contributed by atoms with Crippen LogP contribution in [-0.4, -0.2) is 19.3 Å². The molecule has 78 valence electrons. The van der Waals surface area contributed by atoms with Crippen LogP contribution in [0.5, 0.6) is 11.5 Å². The Labute approximate surface area is 88.2 Å². The molecule has 4 heteroatoms. The third-order valence-corrected chi connectivity index (χ3v) is 2.25. The van der Waals surface area contributed by atoms with Crippen LogP contribution in [0.25, 0.3) is 0 Å². The van der Waals surface area contributed by atoms with Crippen molar-refractivity contribution in [3.63, 3.8) is 0 Å². The van der Waals surface area contributed by atoms with Crippen molar-refractivity contribution in [2.45, 2.75) is 13.0 Å². The third-order valence-electron chi connectivity index (χ3n) is 1.95. The molecular formula is C10H13ClO3. The highest BCUT2D eigenvalue weighted by atomic mass is 35.5. The summed E-state index contributed by atoms with van der Waals surface area (Å²) in [5.41, 5.74) is 0.661. The van der Waals surface area contributed by atoms with Gasteiger partial charge in [-0.25, -0.2) is 0 Å². The first-order valence-electron chi connectivity index (χ1n) is 4.20. The molecule has 0 aliphatic rings. The Kier molecular flexibility index (Phi) is 3.61. The van der Waals surface area contributed by atoms with Crippen LogP contribution in [0.4, 0.5) is 0 Å². The Bertz CT molecular complexity index is 323. The van der Waals surface area contributed by atoms with E-state index in [9.17, 15) is 5.11 Å². The van der Waals surface area contributed by atoms with Crippen LogP contribution in [0, 0.1) is 0 Å². The molecule has 3 nitrogen and oxygen atoms in total. The van der Waals surface area contributed by atoms with Crippen LogP contribution in [0.3, 0.4) is 0 Å². The number of rotatable bonds is 3. The van der Waals surface area contributed by atoms with Crippen molar-refractivity contribution in [2.24, 2.45) is 0 Å². The molecule has 14 heavy (non-hydrogen) atoms. The molecule has 0 saturated heterocycles. The van der Waals surface area contributed by atoms with Crippen molar-refractivity contribution in [3.05, 3.63) is 22.7 Å². The summed E-state index contributed by atoms with van der Waals surface area (Å²) in [6, 6.07) is 3.39. The summed E-state index contributed by atoms with van der Waals surface area (Å²) in [5, 5.41) is 9.93. The van der Waals surface area contributed by atoms with Gasteiger partial charge in [0.15, 0.2) is 11.5 Å². The number of hydrogen-bond acceptors (Lipinski definition) is 3. The Morgan fingerprint density at radius 1 is 1.21 bits per heavy atom. The summed E-state index contributed by atoms with van der Waals surface area (Å²) in [6.07, 6.45) is -0.615. The van der Waals surface area contributed by atoms with Gasteiger partial charge in [-0.05, 0) is 13.0 Å². The van der Waals surface area contributed by atoms with E-state index in [0.717, 1.165) is 0 Å². The van der Waals surface area contributed by atoms with Gasteiger partial charge in [0.2, 0.25) is 0 Å². The number of benzene rings is 1. The highest BCUT2D eigenvalue weighted by Crippen LogP contribution is 2.39. The van der Waals surface area contributed by atoms with Gasteiger partial charge >= 0.3 is 0 Å². The van der Waals surface area contributed by atoms with E-state index in [-0.39, 0.29) is 0 Å². The Balaban J connectivity index is 3.33. The zero-order valence-electron chi connectivity index (χ0n) is 8.37. The van der Waals surface area contributed by atoms with Gasteiger partial charge in [0.1, 0.15) is 0 Å². The van der Waals surface area contributed by atoms with E-state index < -0.39 is 6.10 Å². The second-order valence-corrected chi connectivity index (χ2v) is 3.29. The first-order valence-corrected chi connectivity index (χ1v) is 4.58. The molecule has 0 aliphatic heterocycles. The molecular weight excluding hydrogens is 204 g/mol. The molecule has 0 aromatic heterocycles. The fourth-order valence-corrected chi connectivity index (χ4v) is 1.51. The minimum Gasteiger partial charge on any atom is -0.492 e. The molecule has 0 saturated carbocycles. The molecule has 0 amide bonds. The van der Waals surface area contributed by atoms with E-state index in [1.165, 1.54) is 14.2 Å². The van der Waals surface area contributed by atoms with Gasteiger partial charge < -0.3 is 14.6 Å². The maximum atomic E-state index is 9.47. The lowest BCUT2D eigenvalue weighted by atomic mass is 10.1. The Morgan fingerprint density at radius 2 is 1.79 bits per heavy atom. The second-order valence-electron chi connectivity index (χ2n) is 2.88. The molecule has 1 N–H and O–H groups in total. The van der Waals surface area contributed by atoms with E-state index in [1.807, 2.05) is 0 Å². The van der Waals surface area contributed by atoms with Gasteiger partial charge in [0.05, 0.1) is 25.3 Å². The molecule has 0 fully saturated rings. The van der Waals surface area contributed by atoms with E-state index in [4.69, 9.17) is 21.1 Å². The van der Waals surface area contributed by atoms with Gasteiger partial charge in [-0.2, -0.15) is 0 Å². The van der Waals surface area contributed by atoms with Crippen LogP contribution in [0.2, 0.25) is 5.02 Å². The van der Waals surface area contributed by atoms with Crippen molar-refractivity contribution in [1.29, 1.82) is 0 Å². The summed E-state index contributed by atoms with van der Waals surface area (Å²) in [4.78, 5) is 0. The number of halogens is 1. The van der Waals surface area contributed by atoms with Crippen molar-refractivity contribution in [3.8, 4) is 11.5 Å². The third kappa shape index (κ3) is 1.94.